The van der Waals surface area contributed by atoms with E-state index in [4.69, 9.17) is 18.9 Å². The van der Waals surface area contributed by atoms with Crippen molar-refractivity contribution in [3.8, 4) is 23.0 Å². The van der Waals surface area contributed by atoms with E-state index in [1.807, 2.05) is 48.5 Å². The number of rotatable bonds is 26. The fourth-order valence-electron chi connectivity index (χ4n) is 5.69. The molecule has 4 aromatic rings. The first-order valence-electron chi connectivity index (χ1n) is 20.1. The van der Waals surface area contributed by atoms with Gasteiger partial charge in [-0.25, -0.2) is 9.59 Å². The second kappa shape index (κ2) is 25.7. The molecular formula is C47H58N2O6. The normalized spacial score (nSPS) is 11.2. The summed E-state index contributed by atoms with van der Waals surface area (Å²) in [7, 11) is 0. The Labute approximate surface area is 328 Å². The fraction of sp³-hybridized carbons (Fsp3) is 0.404. The van der Waals surface area contributed by atoms with Crippen molar-refractivity contribution in [1.29, 1.82) is 0 Å². The topological polar surface area (TPSA) is 95.8 Å². The highest BCUT2D eigenvalue weighted by molar-refractivity contribution is 5.92. The van der Waals surface area contributed by atoms with Crippen molar-refractivity contribution in [2.75, 3.05) is 26.3 Å². The molecule has 0 amide bonds. The summed E-state index contributed by atoms with van der Waals surface area (Å²) < 4.78 is 22.7. The number of hydrogen-bond acceptors (Lipinski definition) is 8. The van der Waals surface area contributed by atoms with Gasteiger partial charge in [0.15, 0.2) is 0 Å². The van der Waals surface area contributed by atoms with Gasteiger partial charge >= 0.3 is 11.9 Å². The smallest absolute Gasteiger partial charge is 0.343 e. The highest BCUT2D eigenvalue weighted by Crippen LogP contribution is 2.19. The van der Waals surface area contributed by atoms with Crippen LogP contribution in [-0.2, 0) is 0 Å². The molecule has 0 radical (unpaired) electrons. The molecule has 0 saturated heterocycles. The average Bonchev–Trinajstić information content (AvgIpc) is 3.21. The van der Waals surface area contributed by atoms with Gasteiger partial charge in [0, 0.05) is 25.5 Å². The second-order valence-corrected chi connectivity index (χ2v) is 13.6. The van der Waals surface area contributed by atoms with Gasteiger partial charge in [0.25, 0.3) is 0 Å². The minimum atomic E-state index is -0.412. The van der Waals surface area contributed by atoms with Crippen molar-refractivity contribution in [2.24, 2.45) is 9.98 Å². The molecule has 0 fully saturated rings. The van der Waals surface area contributed by atoms with Gasteiger partial charge in [0.2, 0.25) is 0 Å². The fourth-order valence-corrected chi connectivity index (χ4v) is 5.69. The van der Waals surface area contributed by atoms with E-state index in [2.05, 4.69) is 23.8 Å². The Kier molecular flexibility index (Phi) is 19.9. The van der Waals surface area contributed by atoms with E-state index in [1.54, 1.807) is 61.0 Å². The number of carbonyl (C=O) groups is 2. The van der Waals surface area contributed by atoms with Crippen molar-refractivity contribution < 1.29 is 28.5 Å². The van der Waals surface area contributed by atoms with Crippen molar-refractivity contribution in [2.45, 2.75) is 97.3 Å². The molecule has 0 aromatic heterocycles. The summed E-state index contributed by atoms with van der Waals surface area (Å²) in [6, 6.07) is 28.7. The number of unbranched alkanes of at least 4 members (excludes halogenated alkanes) is 10. The number of aliphatic imine (C=N–C) groups is 2. The zero-order chi connectivity index (χ0) is 38.8. The molecule has 0 aliphatic carbocycles. The summed E-state index contributed by atoms with van der Waals surface area (Å²) in [5.41, 5.74) is 2.78. The molecule has 8 heteroatoms. The van der Waals surface area contributed by atoms with E-state index in [1.165, 1.54) is 64.2 Å². The lowest BCUT2D eigenvalue weighted by molar-refractivity contribution is 0.0725. The van der Waals surface area contributed by atoms with Crippen LogP contribution in [0, 0.1) is 0 Å². The number of esters is 2. The van der Waals surface area contributed by atoms with Gasteiger partial charge in [0.1, 0.15) is 23.0 Å². The summed E-state index contributed by atoms with van der Waals surface area (Å²) in [5, 5.41) is 0. The first-order chi connectivity index (χ1) is 27.0. The third-order valence-corrected chi connectivity index (χ3v) is 8.95. The van der Waals surface area contributed by atoms with Gasteiger partial charge in [-0.1, -0.05) is 78.1 Å². The van der Waals surface area contributed by atoms with E-state index in [0.717, 1.165) is 41.9 Å². The monoisotopic (exact) mass is 746 g/mol. The van der Waals surface area contributed by atoms with Gasteiger partial charge in [-0.15, -0.1) is 0 Å². The van der Waals surface area contributed by atoms with Crippen LogP contribution in [0.1, 0.15) is 129 Å². The molecular weight excluding hydrogens is 689 g/mol. The third kappa shape index (κ3) is 17.2. The molecule has 8 nitrogen and oxygen atoms in total. The summed E-state index contributed by atoms with van der Waals surface area (Å²) in [5.74, 6) is 1.64. The maximum atomic E-state index is 12.6. The Hall–Kier alpha value is -5.24. The molecule has 0 unspecified atom stereocenters. The van der Waals surface area contributed by atoms with E-state index in [0.29, 0.717) is 48.9 Å². The molecule has 4 aromatic carbocycles. The maximum Gasteiger partial charge on any atom is 0.343 e. The Morgan fingerprint density at radius 1 is 0.436 bits per heavy atom. The van der Waals surface area contributed by atoms with Crippen molar-refractivity contribution in [1.82, 2.24) is 0 Å². The molecule has 0 aliphatic rings. The van der Waals surface area contributed by atoms with Crippen LogP contribution in [-0.4, -0.2) is 50.7 Å². The van der Waals surface area contributed by atoms with Gasteiger partial charge in [-0.05, 0) is 127 Å². The Morgan fingerprint density at radius 2 is 0.782 bits per heavy atom. The minimum Gasteiger partial charge on any atom is -0.494 e. The molecule has 55 heavy (non-hydrogen) atoms. The predicted octanol–water partition coefficient (Wildman–Crippen LogP) is 11.5. The second-order valence-electron chi connectivity index (χ2n) is 13.6. The Bertz CT molecular complexity index is 1590. The molecule has 0 bridgehead atoms. The molecule has 0 N–H and O–H groups in total. The highest BCUT2D eigenvalue weighted by Gasteiger charge is 2.10. The van der Waals surface area contributed by atoms with Crippen molar-refractivity contribution >= 4 is 24.4 Å². The van der Waals surface area contributed by atoms with E-state index < -0.39 is 11.9 Å². The van der Waals surface area contributed by atoms with Crippen LogP contribution < -0.4 is 18.9 Å². The average molecular weight is 747 g/mol. The Morgan fingerprint density at radius 3 is 1.16 bits per heavy atom. The summed E-state index contributed by atoms with van der Waals surface area (Å²) in [6.07, 6.45) is 19.0. The van der Waals surface area contributed by atoms with Gasteiger partial charge < -0.3 is 18.9 Å². The van der Waals surface area contributed by atoms with Gasteiger partial charge in [-0.3, -0.25) is 9.98 Å². The van der Waals surface area contributed by atoms with Crippen LogP contribution in [0.5, 0.6) is 23.0 Å². The van der Waals surface area contributed by atoms with E-state index >= 15 is 0 Å². The first kappa shape index (κ1) is 42.5. The highest BCUT2D eigenvalue weighted by atomic mass is 16.5. The molecule has 0 spiro atoms. The minimum absolute atomic E-state index is 0.412. The van der Waals surface area contributed by atoms with Crippen LogP contribution in [0.2, 0.25) is 0 Å². The molecule has 0 atom stereocenters. The number of hydrogen-bond donors (Lipinski definition) is 0. The van der Waals surface area contributed by atoms with Gasteiger partial charge in [0.05, 0.1) is 24.3 Å². The zero-order valence-corrected chi connectivity index (χ0v) is 32.8. The number of ether oxygens (including phenoxy) is 4. The van der Waals surface area contributed by atoms with Crippen LogP contribution in [0.4, 0.5) is 0 Å². The molecule has 4 rings (SSSR count). The Balaban J connectivity index is 1.07. The maximum absolute atomic E-state index is 12.6. The zero-order valence-electron chi connectivity index (χ0n) is 32.8. The van der Waals surface area contributed by atoms with Crippen molar-refractivity contribution in [3.05, 3.63) is 119 Å². The number of nitrogens with zero attached hydrogens (tertiary/aromatic N) is 2. The van der Waals surface area contributed by atoms with Gasteiger partial charge in [-0.2, -0.15) is 0 Å². The molecule has 0 heterocycles. The molecule has 292 valence electrons. The SMILES string of the molecule is CCCCCCCCOc1ccc(C(=O)Oc2ccc(C=NCCCN=Cc3ccc(OC(=O)c4ccc(OCCCCCCCC)cc4)cc3)cc2)cc1. The lowest BCUT2D eigenvalue weighted by Gasteiger charge is -2.08. The van der Waals surface area contributed by atoms with Crippen LogP contribution in [0.3, 0.4) is 0 Å². The van der Waals surface area contributed by atoms with E-state index in [9.17, 15) is 9.59 Å². The van der Waals surface area contributed by atoms with Crippen LogP contribution in [0.15, 0.2) is 107 Å². The van der Waals surface area contributed by atoms with E-state index in [-0.39, 0.29) is 0 Å². The van der Waals surface area contributed by atoms with Crippen LogP contribution in [0.25, 0.3) is 0 Å². The largest absolute Gasteiger partial charge is 0.494 e. The number of carbonyl (C=O) groups excluding carboxylic acids is 2. The van der Waals surface area contributed by atoms with Crippen molar-refractivity contribution in [3.63, 3.8) is 0 Å². The quantitative estimate of drug-likeness (QED) is 0.0275. The standard InChI is InChI=1S/C47H58N2O6/c1-3-5-7-9-11-13-34-52-42-28-20-40(21-29-42)46(50)54-44-24-16-38(17-25-44)36-48-32-15-33-49-37-39-18-26-45(27-19-39)55-47(51)41-22-30-43(31-23-41)53-35-14-12-10-8-6-4-2/h16-31,36-37H,3-15,32-35H2,1-2H3. The first-order valence-corrected chi connectivity index (χ1v) is 20.1. The lowest BCUT2D eigenvalue weighted by Crippen LogP contribution is -2.08. The molecule has 0 saturated carbocycles. The third-order valence-electron chi connectivity index (χ3n) is 8.95. The van der Waals surface area contributed by atoms with Crippen LogP contribution >= 0.6 is 0 Å². The number of benzene rings is 4. The summed E-state index contributed by atoms with van der Waals surface area (Å²) >= 11 is 0. The summed E-state index contributed by atoms with van der Waals surface area (Å²) in [4.78, 5) is 34.2. The predicted molar refractivity (Wildman–Crippen MR) is 223 cm³/mol. The lowest BCUT2D eigenvalue weighted by atomic mass is 10.1. The summed E-state index contributed by atoms with van der Waals surface area (Å²) in [6.45, 7) is 7.08. The molecule has 0 aliphatic heterocycles.